The SMILES string of the molecule is O=c1ncc2c([nH]1)OC=CC2. The second-order valence-electron chi connectivity index (χ2n) is 2.24. The first-order chi connectivity index (χ1) is 5.36. The molecule has 2 rings (SSSR count). The minimum absolute atomic E-state index is 0.376. The average Bonchev–Trinajstić information content (AvgIpc) is 2.04. The van der Waals surface area contributed by atoms with Crippen molar-refractivity contribution < 1.29 is 4.74 Å². The van der Waals surface area contributed by atoms with Crippen LogP contribution < -0.4 is 10.4 Å². The van der Waals surface area contributed by atoms with Crippen LogP contribution in [0.25, 0.3) is 0 Å². The van der Waals surface area contributed by atoms with Crippen molar-refractivity contribution in [2.45, 2.75) is 6.42 Å². The molecule has 0 radical (unpaired) electrons. The van der Waals surface area contributed by atoms with Crippen LogP contribution in [0, 0.1) is 0 Å². The van der Waals surface area contributed by atoms with Gasteiger partial charge in [0.15, 0.2) is 0 Å². The number of allylic oxidation sites excluding steroid dienone is 1. The zero-order chi connectivity index (χ0) is 7.68. The zero-order valence-electron chi connectivity index (χ0n) is 5.70. The molecule has 11 heavy (non-hydrogen) atoms. The van der Waals surface area contributed by atoms with E-state index in [4.69, 9.17) is 4.74 Å². The van der Waals surface area contributed by atoms with Gasteiger partial charge in [-0.05, 0) is 6.08 Å². The minimum Gasteiger partial charge on any atom is -0.449 e. The van der Waals surface area contributed by atoms with Crippen LogP contribution in [0.15, 0.2) is 23.3 Å². The number of aromatic nitrogens is 2. The summed E-state index contributed by atoms with van der Waals surface area (Å²) < 4.78 is 5.03. The van der Waals surface area contributed by atoms with Crippen LogP contribution >= 0.6 is 0 Å². The molecule has 0 saturated carbocycles. The van der Waals surface area contributed by atoms with Crippen LogP contribution in [0.2, 0.25) is 0 Å². The molecule has 1 N–H and O–H groups in total. The molecule has 2 heterocycles. The lowest BCUT2D eigenvalue weighted by atomic mass is 10.2. The second kappa shape index (κ2) is 2.23. The number of H-pyrrole nitrogens is 1. The highest BCUT2D eigenvalue weighted by molar-refractivity contribution is 5.27. The van der Waals surface area contributed by atoms with E-state index in [1.807, 2.05) is 6.08 Å². The van der Waals surface area contributed by atoms with Gasteiger partial charge in [-0.3, -0.25) is 4.98 Å². The number of ether oxygens (including phenoxy) is 1. The number of rotatable bonds is 0. The third-order valence-corrected chi connectivity index (χ3v) is 1.47. The maximum Gasteiger partial charge on any atom is 0.347 e. The molecular formula is C7H6N2O2. The molecule has 0 atom stereocenters. The fourth-order valence-corrected chi connectivity index (χ4v) is 0.947. The highest BCUT2D eigenvalue weighted by Crippen LogP contribution is 2.16. The standard InChI is InChI=1S/C7H6N2O2/c10-7-8-4-5-2-1-3-11-6(5)9-7/h1,3-4H,2H2,(H,8,9,10). The molecule has 56 valence electrons. The Balaban J connectivity index is 2.56. The summed E-state index contributed by atoms with van der Waals surface area (Å²) in [6.45, 7) is 0. The lowest BCUT2D eigenvalue weighted by Gasteiger charge is -2.08. The Bertz CT molecular complexity index is 354. The maximum absolute atomic E-state index is 10.7. The van der Waals surface area contributed by atoms with Crippen molar-refractivity contribution >= 4 is 0 Å². The number of nitrogens with zero attached hydrogens (tertiary/aromatic N) is 1. The van der Waals surface area contributed by atoms with Gasteiger partial charge >= 0.3 is 5.69 Å². The van der Waals surface area contributed by atoms with E-state index in [0.29, 0.717) is 5.88 Å². The van der Waals surface area contributed by atoms with Crippen LogP contribution in [0.4, 0.5) is 0 Å². The van der Waals surface area contributed by atoms with Crippen LogP contribution in [-0.2, 0) is 6.42 Å². The molecule has 1 aliphatic rings. The summed E-state index contributed by atoms with van der Waals surface area (Å²) in [6.07, 6.45) is 5.71. The molecule has 0 amide bonds. The highest BCUT2D eigenvalue weighted by Gasteiger charge is 2.06. The van der Waals surface area contributed by atoms with E-state index in [1.165, 1.54) is 6.20 Å². The third kappa shape index (κ3) is 1.02. The Hall–Kier alpha value is -1.58. The van der Waals surface area contributed by atoms with Gasteiger partial charge < -0.3 is 4.74 Å². The largest absolute Gasteiger partial charge is 0.449 e. The molecule has 0 unspecified atom stereocenters. The third-order valence-electron chi connectivity index (χ3n) is 1.47. The Morgan fingerprint density at radius 1 is 1.64 bits per heavy atom. The van der Waals surface area contributed by atoms with E-state index in [0.717, 1.165) is 12.0 Å². The summed E-state index contributed by atoms with van der Waals surface area (Å²) in [4.78, 5) is 16.7. The Morgan fingerprint density at radius 3 is 3.45 bits per heavy atom. The maximum atomic E-state index is 10.7. The summed E-state index contributed by atoms with van der Waals surface area (Å²) >= 11 is 0. The number of aromatic amines is 1. The van der Waals surface area contributed by atoms with Crippen LogP contribution in [-0.4, -0.2) is 9.97 Å². The average molecular weight is 150 g/mol. The van der Waals surface area contributed by atoms with E-state index >= 15 is 0 Å². The quantitative estimate of drug-likeness (QED) is 0.575. The van der Waals surface area contributed by atoms with Crippen molar-refractivity contribution in [3.63, 3.8) is 0 Å². The molecule has 0 saturated heterocycles. The van der Waals surface area contributed by atoms with Crippen molar-refractivity contribution in [3.8, 4) is 5.88 Å². The number of nitrogens with one attached hydrogen (secondary N) is 1. The first-order valence-corrected chi connectivity index (χ1v) is 3.26. The molecule has 4 heteroatoms. The minimum atomic E-state index is -0.376. The van der Waals surface area contributed by atoms with Crippen molar-refractivity contribution in [1.82, 2.24) is 9.97 Å². The van der Waals surface area contributed by atoms with Gasteiger partial charge in [-0.2, -0.15) is 0 Å². The highest BCUT2D eigenvalue weighted by atomic mass is 16.5. The smallest absolute Gasteiger partial charge is 0.347 e. The van der Waals surface area contributed by atoms with Gasteiger partial charge in [0.05, 0.1) is 6.26 Å². The predicted molar refractivity (Wildman–Crippen MR) is 38.3 cm³/mol. The van der Waals surface area contributed by atoms with Gasteiger partial charge in [0.1, 0.15) is 0 Å². The van der Waals surface area contributed by atoms with E-state index in [1.54, 1.807) is 6.26 Å². The molecule has 0 aromatic carbocycles. The van der Waals surface area contributed by atoms with Crippen LogP contribution in [0.3, 0.4) is 0 Å². The van der Waals surface area contributed by atoms with Crippen molar-refractivity contribution in [2.24, 2.45) is 0 Å². The molecule has 1 aliphatic heterocycles. The first-order valence-electron chi connectivity index (χ1n) is 3.26. The zero-order valence-corrected chi connectivity index (χ0v) is 5.70. The van der Waals surface area contributed by atoms with Crippen molar-refractivity contribution in [1.29, 1.82) is 0 Å². The summed E-state index contributed by atoms with van der Waals surface area (Å²) in [7, 11) is 0. The molecule has 0 fully saturated rings. The van der Waals surface area contributed by atoms with Crippen molar-refractivity contribution in [2.75, 3.05) is 0 Å². The van der Waals surface area contributed by atoms with Crippen molar-refractivity contribution in [3.05, 3.63) is 34.6 Å². The monoisotopic (exact) mass is 150 g/mol. The summed E-state index contributed by atoms with van der Waals surface area (Å²) in [5.74, 6) is 0.507. The van der Waals surface area contributed by atoms with Gasteiger partial charge in [0.25, 0.3) is 0 Å². The second-order valence-corrected chi connectivity index (χ2v) is 2.24. The lowest BCUT2D eigenvalue weighted by Crippen LogP contribution is -2.13. The molecule has 1 aromatic rings. The topological polar surface area (TPSA) is 55.0 Å². The van der Waals surface area contributed by atoms with Gasteiger partial charge in [0, 0.05) is 18.2 Å². The summed E-state index contributed by atoms with van der Waals surface area (Å²) in [5, 5.41) is 0. The fraction of sp³-hybridized carbons (Fsp3) is 0.143. The molecule has 0 spiro atoms. The Labute approximate surface area is 62.5 Å². The molecule has 1 aromatic heterocycles. The van der Waals surface area contributed by atoms with Gasteiger partial charge in [0.2, 0.25) is 5.88 Å². The normalized spacial score (nSPS) is 13.8. The number of fused-ring (bicyclic) bond motifs is 1. The molecule has 4 nitrogen and oxygen atoms in total. The number of hydrogen-bond acceptors (Lipinski definition) is 3. The van der Waals surface area contributed by atoms with E-state index in [2.05, 4.69) is 9.97 Å². The fourth-order valence-electron chi connectivity index (χ4n) is 0.947. The Morgan fingerprint density at radius 2 is 2.55 bits per heavy atom. The first kappa shape index (κ1) is 6.15. The molecule has 0 bridgehead atoms. The van der Waals surface area contributed by atoms with Gasteiger partial charge in [-0.15, -0.1) is 0 Å². The van der Waals surface area contributed by atoms with E-state index < -0.39 is 0 Å². The van der Waals surface area contributed by atoms with E-state index in [-0.39, 0.29) is 5.69 Å². The van der Waals surface area contributed by atoms with Crippen LogP contribution in [0.5, 0.6) is 5.88 Å². The van der Waals surface area contributed by atoms with E-state index in [9.17, 15) is 4.79 Å². The molecule has 0 aliphatic carbocycles. The number of hydrogen-bond donors (Lipinski definition) is 1. The van der Waals surface area contributed by atoms with Crippen LogP contribution in [0.1, 0.15) is 5.56 Å². The van der Waals surface area contributed by atoms with Gasteiger partial charge in [-0.1, -0.05) is 0 Å². The molecular weight excluding hydrogens is 144 g/mol. The Kier molecular flexibility index (Phi) is 1.25. The van der Waals surface area contributed by atoms with Gasteiger partial charge in [-0.25, -0.2) is 9.78 Å². The summed E-state index contributed by atoms with van der Waals surface area (Å²) in [6, 6.07) is 0. The summed E-state index contributed by atoms with van der Waals surface area (Å²) in [5.41, 5.74) is 0.533. The predicted octanol–water partition coefficient (Wildman–Crippen LogP) is 0.219. The lowest BCUT2D eigenvalue weighted by molar-refractivity contribution is 0.440.